The number of anilines is 1. The van der Waals surface area contributed by atoms with Crippen molar-refractivity contribution < 1.29 is 9.47 Å². The van der Waals surface area contributed by atoms with Crippen LogP contribution in [0.25, 0.3) is 0 Å². The van der Waals surface area contributed by atoms with Gasteiger partial charge in [0.1, 0.15) is 18.1 Å². The lowest BCUT2D eigenvalue weighted by molar-refractivity contribution is 0.321. The number of nitrogens with one attached hydrogen (secondary N) is 3. The van der Waals surface area contributed by atoms with Crippen molar-refractivity contribution in [1.82, 2.24) is 10.6 Å². The molecule has 0 radical (unpaired) electrons. The first-order chi connectivity index (χ1) is 12.8. The van der Waals surface area contributed by atoms with Crippen LogP contribution in [0, 0.1) is 0 Å². The quantitative estimate of drug-likeness (QED) is 0.347. The Labute approximate surface area is 155 Å². The van der Waals surface area contributed by atoms with Crippen molar-refractivity contribution in [3.63, 3.8) is 0 Å². The van der Waals surface area contributed by atoms with Gasteiger partial charge >= 0.3 is 0 Å². The SMILES string of the molecule is CN=C(NCCCNc1ccccc1)NCCOc1ccc(OC)cc1. The Kier molecular flexibility index (Phi) is 8.69. The van der Waals surface area contributed by atoms with Gasteiger partial charge in [-0.1, -0.05) is 18.2 Å². The van der Waals surface area contributed by atoms with Crippen molar-refractivity contribution in [2.24, 2.45) is 4.99 Å². The van der Waals surface area contributed by atoms with Crippen LogP contribution >= 0.6 is 0 Å². The van der Waals surface area contributed by atoms with Crippen LogP contribution in [0.4, 0.5) is 5.69 Å². The predicted octanol–water partition coefficient (Wildman–Crippen LogP) is 2.74. The molecule has 2 aromatic rings. The molecule has 0 saturated heterocycles. The summed E-state index contributed by atoms with van der Waals surface area (Å²) in [5.41, 5.74) is 1.14. The van der Waals surface area contributed by atoms with Crippen LogP contribution in [-0.4, -0.2) is 46.4 Å². The maximum Gasteiger partial charge on any atom is 0.191 e. The van der Waals surface area contributed by atoms with Crippen LogP contribution in [0.15, 0.2) is 59.6 Å². The van der Waals surface area contributed by atoms with Crippen LogP contribution in [0.3, 0.4) is 0 Å². The van der Waals surface area contributed by atoms with E-state index >= 15 is 0 Å². The first-order valence-electron chi connectivity index (χ1n) is 8.82. The molecule has 0 aliphatic carbocycles. The van der Waals surface area contributed by atoms with Gasteiger partial charge in [0.2, 0.25) is 0 Å². The summed E-state index contributed by atoms with van der Waals surface area (Å²) in [4.78, 5) is 4.21. The standard InChI is InChI=1S/C20H28N4O2/c1-21-20(23-14-6-13-22-17-7-4-3-5-8-17)24-15-16-26-19-11-9-18(25-2)10-12-19/h3-5,7-12,22H,6,13-16H2,1-2H3,(H2,21,23,24). The minimum absolute atomic E-state index is 0.558. The van der Waals surface area contributed by atoms with E-state index in [4.69, 9.17) is 9.47 Å². The van der Waals surface area contributed by atoms with Gasteiger partial charge in [-0.05, 0) is 42.8 Å². The lowest BCUT2D eigenvalue weighted by Gasteiger charge is -2.13. The highest BCUT2D eigenvalue weighted by atomic mass is 16.5. The molecule has 2 rings (SSSR count). The second kappa shape index (κ2) is 11.6. The first kappa shape index (κ1) is 19.4. The molecule has 0 bridgehead atoms. The zero-order chi connectivity index (χ0) is 18.5. The van der Waals surface area contributed by atoms with Crippen molar-refractivity contribution in [1.29, 1.82) is 0 Å². The van der Waals surface area contributed by atoms with Gasteiger partial charge in [-0.25, -0.2) is 0 Å². The van der Waals surface area contributed by atoms with Gasteiger partial charge in [0, 0.05) is 25.8 Å². The van der Waals surface area contributed by atoms with E-state index in [1.165, 1.54) is 0 Å². The molecule has 26 heavy (non-hydrogen) atoms. The largest absolute Gasteiger partial charge is 0.497 e. The predicted molar refractivity (Wildman–Crippen MR) is 107 cm³/mol. The Hall–Kier alpha value is -2.89. The van der Waals surface area contributed by atoms with E-state index in [1.54, 1.807) is 14.2 Å². The van der Waals surface area contributed by atoms with Crippen molar-refractivity contribution in [2.45, 2.75) is 6.42 Å². The molecule has 0 heterocycles. The Morgan fingerprint density at radius 3 is 2.27 bits per heavy atom. The summed E-state index contributed by atoms with van der Waals surface area (Å²) in [6.45, 7) is 2.99. The first-order valence-corrected chi connectivity index (χ1v) is 8.82. The summed E-state index contributed by atoms with van der Waals surface area (Å²) in [6.07, 6.45) is 0.998. The third-order valence-corrected chi connectivity index (χ3v) is 3.70. The fraction of sp³-hybridized carbons (Fsp3) is 0.350. The van der Waals surface area contributed by atoms with Gasteiger partial charge in [-0.15, -0.1) is 0 Å². The minimum atomic E-state index is 0.558. The van der Waals surface area contributed by atoms with Gasteiger partial charge in [-0.3, -0.25) is 4.99 Å². The molecule has 0 aromatic heterocycles. The fourth-order valence-corrected chi connectivity index (χ4v) is 2.31. The van der Waals surface area contributed by atoms with Gasteiger partial charge in [-0.2, -0.15) is 0 Å². The number of benzene rings is 2. The molecule has 0 saturated carbocycles. The zero-order valence-corrected chi connectivity index (χ0v) is 15.5. The minimum Gasteiger partial charge on any atom is -0.497 e. The number of para-hydroxylation sites is 1. The number of nitrogens with zero attached hydrogens (tertiary/aromatic N) is 1. The Morgan fingerprint density at radius 1 is 0.885 bits per heavy atom. The van der Waals surface area contributed by atoms with Gasteiger partial charge in [0.25, 0.3) is 0 Å². The summed E-state index contributed by atoms with van der Waals surface area (Å²) in [5.74, 6) is 2.42. The maximum atomic E-state index is 5.68. The lowest BCUT2D eigenvalue weighted by atomic mass is 10.3. The number of hydrogen-bond donors (Lipinski definition) is 3. The lowest BCUT2D eigenvalue weighted by Crippen LogP contribution is -2.40. The number of rotatable bonds is 10. The molecule has 6 heteroatoms. The van der Waals surface area contributed by atoms with E-state index in [0.29, 0.717) is 13.2 Å². The maximum absolute atomic E-state index is 5.68. The van der Waals surface area contributed by atoms with E-state index in [2.05, 4.69) is 33.1 Å². The topological polar surface area (TPSA) is 66.9 Å². The van der Waals surface area contributed by atoms with E-state index in [0.717, 1.165) is 42.7 Å². The Morgan fingerprint density at radius 2 is 1.58 bits per heavy atom. The van der Waals surface area contributed by atoms with Crippen LogP contribution in [-0.2, 0) is 0 Å². The fourth-order valence-electron chi connectivity index (χ4n) is 2.31. The van der Waals surface area contributed by atoms with E-state index in [9.17, 15) is 0 Å². The van der Waals surface area contributed by atoms with Crippen molar-refractivity contribution >= 4 is 11.6 Å². The van der Waals surface area contributed by atoms with E-state index in [-0.39, 0.29) is 0 Å². The van der Waals surface area contributed by atoms with Crippen LogP contribution in [0.1, 0.15) is 6.42 Å². The third kappa shape index (κ3) is 7.34. The molecule has 0 aliphatic rings. The number of ether oxygens (including phenoxy) is 2. The highest BCUT2D eigenvalue weighted by Gasteiger charge is 1.98. The summed E-state index contributed by atoms with van der Waals surface area (Å²) in [6, 6.07) is 17.8. The smallest absolute Gasteiger partial charge is 0.191 e. The number of hydrogen-bond acceptors (Lipinski definition) is 4. The molecular weight excluding hydrogens is 328 g/mol. The van der Waals surface area contributed by atoms with Crippen molar-refractivity contribution in [3.8, 4) is 11.5 Å². The summed E-state index contributed by atoms with van der Waals surface area (Å²) in [5, 5.41) is 9.92. The van der Waals surface area contributed by atoms with Gasteiger partial charge in [0.05, 0.1) is 13.7 Å². The molecule has 0 spiro atoms. The second-order valence-electron chi connectivity index (χ2n) is 5.60. The average Bonchev–Trinajstić information content (AvgIpc) is 2.70. The number of aliphatic imine (C=N–C) groups is 1. The monoisotopic (exact) mass is 356 g/mol. The molecule has 0 fully saturated rings. The van der Waals surface area contributed by atoms with Crippen molar-refractivity contribution in [2.75, 3.05) is 45.7 Å². The number of guanidine groups is 1. The molecule has 2 aromatic carbocycles. The number of methoxy groups -OCH3 is 1. The van der Waals surface area contributed by atoms with Crippen LogP contribution < -0.4 is 25.4 Å². The van der Waals surface area contributed by atoms with Gasteiger partial charge in [0.15, 0.2) is 5.96 Å². The normalized spacial score (nSPS) is 10.9. The summed E-state index contributed by atoms with van der Waals surface area (Å²) >= 11 is 0. The van der Waals surface area contributed by atoms with E-state index < -0.39 is 0 Å². The molecule has 0 amide bonds. The second-order valence-corrected chi connectivity index (χ2v) is 5.60. The Balaban J connectivity index is 1.54. The van der Waals surface area contributed by atoms with Crippen molar-refractivity contribution in [3.05, 3.63) is 54.6 Å². The van der Waals surface area contributed by atoms with Gasteiger partial charge < -0.3 is 25.4 Å². The molecule has 6 nitrogen and oxygen atoms in total. The Bertz CT molecular complexity index is 645. The zero-order valence-electron chi connectivity index (χ0n) is 15.5. The van der Waals surface area contributed by atoms with Crippen LogP contribution in [0.5, 0.6) is 11.5 Å². The highest BCUT2D eigenvalue weighted by molar-refractivity contribution is 5.79. The van der Waals surface area contributed by atoms with Crippen LogP contribution in [0.2, 0.25) is 0 Å². The third-order valence-electron chi connectivity index (χ3n) is 3.70. The molecular formula is C20H28N4O2. The average molecular weight is 356 g/mol. The summed E-state index contributed by atoms with van der Waals surface area (Å²) in [7, 11) is 3.41. The summed E-state index contributed by atoms with van der Waals surface area (Å²) < 4.78 is 10.8. The molecule has 0 aliphatic heterocycles. The van der Waals surface area contributed by atoms with E-state index in [1.807, 2.05) is 42.5 Å². The molecule has 0 atom stereocenters. The molecule has 3 N–H and O–H groups in total. The highest BCUT2D eigenvalue weighted by Crippen LogP contribution is 2.16. The molecule has 0 unspecified atom stereocenters. The molecule has 140 valence electrons.